The fourth-order valence-corrected chi connectivity index (χ4v) is 4.37. The van der Waals surface area contributed by atoms with E-state index >= 15 is 0 Å². The zero-order valence-corrected chi connectivity index (χ0v) is 14.6. The second kappa shape index (κ2) is 5.95. The first-order valence-corrected chi connectivity index (χ1v) is 8.58. The molecule has 26 heavy (non-hydrogen) atoms. The van der Waals surface area contributed by atoms with E-state index in [2.05, 4.69) is 0 Å². The van der Waals surface area contributed by atoms with E-state index in [1.807, 2.05) is 6.92 Å². The van der Waals surface area contributed by atoms with Crippen molar-refractivity contribution in [2.45, 2.75) is 31.5 Å². The van der Waals surface area contributed by atoms with Crippen LogP contribution >= 0.6 is 0 Å². The summed E-state index contributed by atoms with van der Waals surface area (Å²) in [7, 11) is 1.55. The molecule has 1 aromatic rings. The number of methoxy groups -OCH3 is 1. The molecule has 0 aromatic heterocycles. The molecule has 3 atom stereocenters. The van der Waals surface area contributed by atoms with Crippen molar-refractivity contribution in [3.8, 4) is 11.5 Å². The van der Waals surface area contributed by atoms with Crippen molar-refractivity contribution in [2.24, 2.45) is 5.92 Å². The van der Waals surface area contributed by atoms with Crippen LogP contribution in [0.2, 0.25) is 0 Å². The molecule has 0 amide bonds. The molecule has 7 nitrogen and oxygen atoms in total. The van der Waals surface area contributed by atoms with E-state index in [1.165, 1.54) is 6.08 Å². The Morgan fingerprint density at radius 3 is 2.92 bits per heavy atom. The summed E-state index contributed by atoms with van der Waals surface area (Å²) >= 11 is 0. The van der Waals surface area contributed by atoms with Gasteiger partial charge in [0.05, 0.1) is 18.0 Å². The molecule has 0 radical (unpaired) electrons. The zero-order chi connectivity index (χ0) is 18.5. The quantitative estimate of drug-likeness (QED) is 0.608. The minimum absolute atomic E-state index is 0.0588. The molecule has 0 N–H and O–H groups in total. The number of carbonyl (C=O) groups excluding carboxylic acids is 1. The molecule has 1 spiro atoms. The van der Waals surface area contributed by atoms with Crippen LogP contribution in [0.3, 0.4) is 0 Å². The van der Waals surface area contributed by atoms with Crippen molar-refractivity contribution in [3.05, 3.63) is 51.2 Å². The molecule has 2 aliphatic carbocycles. The van der Waals surface area contributed by atoms with Gasteiger partial charge in [-0.05, 0) is 24.6 Å². The molecular formula is C19H19NO6. The summed E-state index contributed by atoms with van der Waals surface area (Å²) in [4.78, 5) is 23.4. The third kappa shape index (κ3) is 2.27. The van der Waals surface area contributed by atoms with Crippen molar-refractivity contribution in [2.75, 3.05) is 13.7 Å². The lowest BCUT2D eigenvalue weighted by molar-refractivity contribution is -0.434. The Kier molecular flexibility index (Phi) is 3.84. The first-order chi connectivity index (χ1) is 12.5. The van der Waals surface area contributed by atoms with Crippen molar-refractivity contribution < 1.29 is 23.9 Å². The highest BCUT2D eigenvalue weighted by atomic mass is 16.7. The molecule has 0 saturated carbocycles. The van der Waals surface area contributed by atoms with Gasteiger partial charge in [-0.15, -0.1) is 0 Å². The Balaban J connectivity index is 2.02. The van der Waals surface area contributed by atoms with Gasteiger partial charge in [0.2, 0.25) is 6.29 Å². The van der Waals surface area contributed by atoms with Gasteiger partial charge in [0.25, 0.3) is 5.70 Å². The van der Waals surface area contributed by atoms with Gasteiger partial charge in [0, 0.05) is 36.5 Å². The third-order valence-corrected chi connectivity index (χ3v) is 5.41. The second-order valence-corrected chi connectivity index (χ2v) is 6.69. The van der Waals surface area contributed by atoms with Gasteiger partial charge >= 0.3 is 0 Å². The molecule has 1 aliphatic heterocycles. The summed E-state index contributed by atoms with van der Waals surface area (Å²) in [5.41, 5.74) is 0.899. The van der Waals surface area contributed by atoms with Crippen LogP contribution in [0.25, 0.3) is 6.08 Å². The molecule has 0 bridgehead atoms. The predicted octanol–water partition coefficient (Wildman–Crippen LogP) is 2.85. The Labute approximate surface area is 150 Å². The summed E-state index contributed by atoms with van der Waals surface area (Å²) in [6.07, 6.45) is 4.82. The van der Waals surface area contributed by atoms with Crippen LogP contribution in [-0.2, 0) is 14.9 Å². The van der Waals surface area contributed by atoms with Crippen molar-refractivity contribution in [1.29, 1.82) is 0 Å². The van der Waals surface area contributed by atoms with E-state index in [1.54, 1.807) is 31.4 Å². The standard InChI is InChI=1S/C19H19NO6/c1-3-25-16-10-19-7-6-12(21)9-13(19)14(20(22)23)8-11-4-5-15(24-2)18(26-16)17(11)19/h4-8,13,16H,3,9-10H2,1-2H3/t13-,16?,19+/m0/s1. The zero-order valence-electron chi connectivity index (χ0n) is 14.6. The third-order valence-electron chi connectivity index (χ3n) is 5.41. The largest absolute Gasteiger partial charge is 0.493 e. The van der Waals surface area contributed by atoms with Crippen molar-refractivity contribution in [1.82, 2.24) is 0 Å². The van der Waals surface area contributed by atoms with Crippen LogP contribution < -0.4 is 9.47 Å². The maximum atomic E-state index is 12.1. The minimum atomic E-state index is -0.720. The van der Waals surface area contributed by atoms with Crippen LogP contribution in [0.15, 0.2) is 30.0 Å². The topological polar surface area (TPSA) is 87.9 Å². The highest BCUT2D eigenvalue weighted by Gasteiger charge is 2.56. The van der Waals surface area contributed by atoms with E-state index in [-0.39, 0.29) is 22.8 Å². The molecule has 3 aliphatic rings. The lowest BCUT2D eigenvalue weighted by atomic mass is 9.58. The van der Waals surface area contributed by atoms with Gasteiger partial charge in [0.15, 0.2) is 17.3 Å². The Morgan fingerprint density at radius 1 is 1.42 bits per heavy atom. The summed E-state index contributed by atoms with van der Waals surface area (Å²) in [5.74, 6) is 0.424. The number of hydrogen-bond acceptors (Lipinski definition) is 6. The average molecular weight is 357 g/mol. The molecule has 1 unspecified atom stereocenters. The van der Waals surface area contributed by atoms with E-state index in [0.717, 1.165) is 11.1 Å². The number of carbonyl (C=O) groups is 1. The van der Waals surface area contributed by atoms with Crippen LogP contribution in [0.5, 0.6) is 11.5 Å². The van der Waals surface area contributed by atoms with Gasteiger partial charge in [0.1, 0.15) is 0 Å². The minimum Gasteiger partial charge on any atom is -0.493 e. The Bertz CT molecular complexity index is 858. The number of nitrogens with zero attached hydrogens (tertiary/aromatic N) is 1. The fraction of sp³-hybridized carbons (Fsp3) is 0.421. The predicted molar refractivity (Wildman–Crippen MR) is 92.6 cm³/mol. The number of allylic oxidation sites excluding steroid dienone is 3. The van der Waals surface area contributed by atoms with E-state index in [4.69, 9.17) is 14.2 Å². The number of ketones is 1. The monoisotopic (exact) mass is 357 g/mol. The summed E-state index contributed by atoms with van der Waals surface area (Å²) in [5, 5.41) is 11.7. The maximum Gasteiger partial charge on any atom is 0.251 e. The number of rotatable bonds is 4. The summed E-state index contributed by atoms with van der Waals surface area (Å²) in [6.45, 7) is 2.31. The molecule has 0 fully saturated rings. The molecule has 1 heterocycles. The first kappa shape index (κ1) is 16.8. The van der Waals surface area contributed by atoms with Gasteiger partial charge in [-0.1, -0.05) is 12.1 Å². The lowest BCUT2D eigenvalue weighted by Gasteiger charge is -2.47. The van der Waals surface area contributed by atoms with Gasteiger partial charge in [-0.25, -0.2) is 0 Å². The number of hydrogen-bond donors (Lipinski definition) is 0. The van der Waals surface area contributed by atoms with Crippen LogP contribution in [0.4, 0.5) is 0 Å². The van der Waals surface area contributed by atoms with Gasteiger partial charge < -0.3 is 14.2 Å². The highest BCUT2D eigenvalue weighted by molar-refractivity contribution is 5.92. The molecule has 0 saturated heterocycles. The number of ether oxygens (including phenoxy) is 3. The smallest absolute Gasteiger partial charge is 0.251 e. The van der Waals surface area contributed by atoms with E-state index in [9.17, 15) is 14.9 Å². The van der Waals surface area contributed by atoms with Crippen molar-refractivity contribution in [3.63, 3.8) is 0 Å². The second-order valence-electron chi connectivity index (χ2n) is 6.69. The summed E-state index contributed by atoms with van der Waals surface area (Å²) < 4.78 is 17.2. The van der Waals surface area contributed by atoms with E-state index in [0.29, 0.717) is 24.5 Å². The van der Waals surface area contributed by atoms with Gasteiger partial charge in [-0.2, -0.15) is 0 Å². The lowest BCUT2D eigenvalue weighted by Crippen LogP contribution is -2.49. The molecule has 136 valence electrons. The number of benzene rings is 1. The first-order valence-electron chi connectivity index (χ1n) is 8.58. The van der Waals surface area contributed by atoms with Crippen LogP contribution in [-0.4, -0.2) is 30.7 Å². The van der Waals surface area contributed by atoms with Gasteiger partial charge in [-0.3, -0.25) is 14.9 Å². The fourth-order valence-electron chi connectivity index (χ4n) is 4.37. The highest BCUT2D eigenvalue weighted by Crippen LogP contribution is 2.58. The molecular weight excluding hydrogens is 338 g/mol. The molecule has 4 rings (SSSR count). The molecule has 7 heteroatoms. The van der Waals surface area contributed by atoms with Crippen LogP contribution in [0, 0.1) is 16.0 Å². The summed E-state index contributed by atoms with van der Waals surface area (Å²) in [6, 6.07) is 3.54. The number of nitro groups is 1. The maximum absolute atomic E-state index is 12.1. The average Bonchev–Trinajstić information content (AvgIpc) is 2.62. The Hall–Kier alpha value is -2.67. The van der Waals surface area contributed by atoms with Crippen LogP contribution in [0.1, 0.15) is 30.9 Å². The SMILES string of the molecule is CCOC1C[C@]23C=CC(=O)C[C@H]2C([N+](=O)[O-])=Cc2ccc(OC)c(c23)O1. The van der Waals surface area contributed by atoms with E-state index < -0.39 is 17.6 Å². The normalized spacial score (nSPS) is 28.5. The van der Waals surface area contributed by atoms with Crippen molar-refractivity contribution >= 4 is 11.9 Å². The Morgan fingerprint density at radius 2 is 2.23 bits per heavy atom. The molecule has 1 aromatic carbocycles.